The second kappa shape index (κ2) is 4.53. The number of rotatable bonds is 3. The lowest BCUT2D eigenvalue weighted by Gasteiger charge is -2.37. The summed E-state index contributed by atoms with van der Waals surface area (Å²) in [7, 11) is 0. The van der Waals surface area contributed by atoms with Gasteiger partial charge in [0.1, 0.15) is 0 Å². The van der Waals surface area contributed by atoms with E-state index in [0.29, 0.717) is 5.25 Å². The van der Waals surface area contributed by atoms with Gasteiger partial charge in [-0.25, -0.2) is 4.98 Å². The fraction of sp³-hybridized carbons (Fsp3) is 0.600. The minimum absolute atomic E-state index is 0.216. The number of hydrogen-bond acceptors (Lipinski definition) is 5. The highest BCUT2D eigenvalue weighted by molar-refractivity contribution is 8.14. The van der Waals surface area contributed by atoms with Crippen molar-refractivity contribution in [3.05, 3.63) is 11.1 Å². The second-order valence-electron chi connectivity index (χ2n) is 3.61. The molecule has 0 amide bonds. The SMILES string of the molecule is CCc1csc(N2CC(SC(C)=O)C2)n1. The minimum atomic E-state index is 0.216. The molecule has 5 heteroatoms. The number of carbonyl (C=O) groups excluding carboxylic acids is 1. The Kier molecular flexibility index (Phi) is 3.31. The lowest BCUT2D eigenvalue weighted by atomic mass is 10.2. The third-order valence-electron chi connectivity index (χ3n) is 2.35. The fourth-order valence-corrected chi connectivity index (χ4v) is 3.41. The van der Waals surface area contributed by atoms with Gasteiger partial charge in [0.25, 0.3) is 0 Å². The van der Waals surface area contributed by atoms with Crippen molar-refractivity contribution in [3.63, 3.8) is 0 Å². The van der Waals surface area contributed by atoms with Crippen molar-refractivity contribution < 1.29 is 4.79 Å². The van der Waals surface area contributed by atoms with Crippen LogP contribution in [0.15, 0.2) is 5.38 Å². The van der Waals surface area contributed by atoms with Gasteiger partial charge >= 0.3 is 0 Å². The van der Waals surface area contributed by atoms with Gasteiger partial charge in [0.2, 0.25) is 0 Å². The third-order valence-corrected chi connectivity index (χ3v) is 4.27. The summed E-state index contributed by atoms with van der Waals surface area (Å²) in [6.45, 7) is 5.66. The van der Waals surface area contributed by atoms with Crippen molar-refractivity contribution in [1.29, 1.82) is 0 Å². The smallest absolute Gasteiger partial charge is 0.186 e. The van der Waals surface area contributed by atoms with Crippen molar-refractivity contribution in [3.8, 4) is 0 Å². The fourth-order valence-electron chi connectivity index (χ4n) is 1.51. The molecule has 0 radical (unpaired) electrons. The Hall–Kier alpha value is -0.550. The molecule has 15 heavy (non-hydrogen) atoms. The van der Waals surface area contributed by atoms with E-state index in [0.717, 1.165) is 30.3 Å². The molecule has 1 fully saturated rings. The summed E-state index contributed by atoms with van der Waals surface area (Å²) >= 11 is 3.15. The van der Waals surface area contributed by atoms with Crippen LogP contribution in [0.5, 0.6) is 0 Å². The van der Waals surface area contributed by atoms with Gasteiger partial charge in [-0.15, -0.1) is 11.3 Å². The van der Waals surface area contributed by atoms with E-state index in [-0.39, 0.29) is 5.12 Å². The highest BCUT2D eigenvalue weighted by atomic mass is 32.2. The van der Waals surface area contributed by atoms with Crippen molar-refractivity contribution in [2.24, 2.45) is 0 Å². The van der Waals surface area contributed by atoms with Crippen LogP contribution in [0.25, 0.3) is 0 Å². The first kappa shape index (κ1) is 11.0. The molecular formula is C10H14N2OS2. The molecule has 82 valence electrons. The average molecular weight is 242 g/mol. The molecule has 1 aromatic heterocycles. The molecule has 0 spiro atoms. The van der Waals surface area contributed by atoms with E-state index in [9.17, 15) is 4.79 Å². The summed E-state index contributed by atoms with van der Waals surface area (Å²) in [6, 6.07) is 0. The average Bonchev–Trinajstić information content (AvgIpc) is 2.58. The lowest BCUT2D eigenvalue weighted by molar-refractivity contribution is -0.109. The number of aryl methyl sites for hydroxylation is 1. The number of aromatic nitrogens is 1. The van der Waals surface area contributed by atoms with E-state index in [1.807, 2.05) is 0 Å². The van der Waals surface area contributed by atoms with Crippen molar-refractivity contribution in [1.82, 2.24) is 4.98 Å². The standard InChI is InChI=1S/C10H14N2OS2/c1-3-8-6-14-10(11-8)12-4-9(5-12)15-7(2)13/h6,9H,3-5H2,1-2H3. The predicted octanol–water partition coefficient (Wildman–Crippen LogP) is 2.17. The number of nitrogens with zero attached hydrogens (tertiary/aromatic N) is 2. The molecule has 1 aromatic rings. The van der Waals surface area contributed by atoms with Gasteiger partial charge in [0.15, 0.2) is 10.2 Å². The Labute approximate surface area is 97.9 Å². The first-order valence-corrected chi connectivity index (χ1v) is 6.81. The summed E-state index contributed by atoms with van der Waals surface area (Å²) in [5.41, 5.74) is 1.16. The molecule has 1 aliphatic heterocycles. The number of carbonyl (C=O) groups is 1. The van der Waals surface area contributed by atoms with E-state index in [1.165, 1.54) is 11.8 Å². The van der Waals surface area contributed by atoms with Crippen molar-refractivity contribution in [2.45, 2.75) is 25.5 Å². The first-order valence-electron chi connectivity index (χ1n) is 5.05. The van der Waals surface area contributed by atoms with Crippen molar-refractivity contribution >= 4 is 33.3 Å². The van der Waals surface area contributed by atoms with Gasteiger partial charge < -0.3 is 4.90 Å². The zero-order valence-electron chi connectivity index (χ0n) is 8.90. The molecule has 2 heterocycles. The third kappa shape index (κ3) is 2.52. The van der Waals surface area contributed by atoms with E-state index in [4.69, 9.17) is 0 Å². The van der Waals surface area contributed by atoms with E-state index in [2.05, 4.69) is 22.2 Å². The quantitative estimate of drug-likeness (QED) is 0.813. The summed E-state index contributed by atoms with van der Waals surface area (Å²) in [4.78, 5) is 17.6. The topological polar surface area (TPSA) is 33.2 Å². The van der Waals surface area contributed by atoms with Crippen LogP contribution in [0.2, 0.25) is 0 Å². The van der Waals surface area contributed by atoms with Gasteiger partial charge in [-0.05, 0) is 6.42 Å². The van der Waals surface area contributed by atoms with E-state index < -0.39 is 0 Å². The highest BCUT2D eigenvalue weighted by Crippen LogP contribution is 2.30. The van der Waals surface area contributed by atoms with Crippen LogP contribution in [0.1, 0.15) is 19.5 Å². The normalized spacial score (nSPS) is 16.5. The largest absolute Gasteiger partial charge is 0.346 e. The molecule has 0 N–H and O–H groups in total. The number of hydrogen-bond donors (Lipinski definition) is 0. The van der Waals surface area contributed by atoms with Crippen LogP contribution in [0.4, 0.5) is 5.13 Å². The Morgan fingerprint density at radius 3 is 3.00 bits per heavy atom. The lowest BCUT2D eigenvalue weighted by Crippen LogP contribution is -2.49. The molecule has 1 aliphatic rings. The van der Waals surface area contributed by atoms with E-state index >= 15 is 0 Å². The molecule has 0 bridgehead atoms. The van der Waals surface area contributed by atoms with Crippen LogP contribution >= 0.6 is 23.1 Å². The van der Waals surface area contributed by atoms with Gasteiger partial charge in [-0.1, -0.05) is 18.7 Å². The van der Waals surface area contributed by atoms with Crippen LogP contribution < -0.4 is 4.90 Å². The highest BCUT2D eigenvalue weighted by Gasteiger charge is 2.30. The first-order chi connectivity index (χ1) is 7.19. The Morgan fingerprint density at radius 1 is 1.73 bits per heavy atom. The molecule has 2 rings (SSSR count). The van der Waals surface area contributed by atoms with Gasteiger partial charge in [0, 0.05) is 30.6 Å². The van der Waals surface area contributed by atoms with E-state index in [1.54, 1.807) is 18.3 Å². The summed E-state index contributed by atoms with van der Waals surface area (Å²) in [6.07, 6.45) is 0.996. The summed E-state index contributed by atoms with van der Waals surface area (Å²) < 4.78 is 0. The number of anilines is 1. The van der Waals surface area contributed by atoms with Crippen LogP contribution in [-0.2, 0) is 11.2 Å². The zero-order chi connectivity index (χ0) is 10.8. The minimum Gasteiger partial charge on any atom is -0.346 e. The van der Waals surface area contributed by atoms with Crippen LogP contribution in [0.3, 0.4) is 0 Å². The van der Waals surface area contributed by atoms with Crippen LogP contribution in [0, 0.1) is 0 Å². The van der Waals surface area contributed by atoms with Gasteiger partial charge in [0.05, 0.1) is 5.69 Å². The molecule has 0 aromatic carbocycles. The Morgan fingerprint density at radius 2 is 2.47 bits per heavy atom. The monoisotopic (exact) mass is 242 g/mol. The summed E-state index contributed by atoms with van der Waals surface area (Å²) in [5, 5.41) is 3.90. The van der Waals surface area contributed by atoms with Gasteiger partial charge in [-0.2, -0.15) is 0 Å². The maximum atomic E-state index is 10.9. The summed E-state index contributed by atoms with van der Waals surface area (Å²) in [5.74, 6) is 0. The van der Waals surface area contributed by atoms with Crippen molar-refractivity contribution in [2.75, 3.05) is 18.0 Å². The van der Waals surface area contributed by atoms with Crippen LogP contribution in [-0.4, -0.2) is 28.4 Å². The molecule has 0 aliphatic carbocycles. The maximum absolute atomic E-state index is 10.9. The number of thioether (sulfide) groups is 1. The molecule has 0 saturated carbocycles. The zero-order valence-corrected chi connectivity index (χ0v) is 10.5. The molecule has 0 atom stereocenters. The molecular weight excluding hydrogens is 228 g/mol. The molecule has 3 nitrogen and oxygen atoms in total. The number of thiazole rings is 1. The molecule has 1 saturated heterocycles. The Bertz CT molecular complexity index is 358. The van der Waals surface area contributed by atoms with Gasteiger partial charge in [-0.3, -0.25) is 4.79 Å². The second-order valence-corrected chi connectivity index (χ2v) is 5.93. The Balaban J connectivity index is 1.86. The molecule has 0 unspecified atom stereocenters. The maximum Gasteiger partial charge on any atom is 0.186 e. The predicted molar refractivity (Wildman–Crippen MR) is 65.8 cm³/mol.